The minimum atomic E-state index is -0.879. The number of methoxy groups -OCH3 is 1. The lowest BCUT2D eigenvalue weighted by molar-refractivity contribution is 0.0594. The van der Waals surface area contributed by atoms with Gasteiger partial charge < -0.3 is 4.74 Å². The summed E-state index contributed by atoms with van der Waals surface area (Å²) in [5, 5.41) is 0.775. The Hall–Kier alpha value is -1.65. The Kier molecular flexibility index (Phi) is 4.02. The molecule has 1 heterocycles. The van der Waals surface area contributed by atoms with Gasteiger partial charge in [0.2, 0.25) is 5.95 Å². The molecule has 0 unspecified atom stereocenters. The van der Waals surface area contributed by atoms with E-state index in [2.05, 4.69) is 9.72 Å². The smallest absolute Gasteiger partial charge is 0.342 e. The van der Waals surface area contributed by atoms with Gasteiger partial charge >= 0.3 is 5.97 Å². The first-order valence-electron chi connectivity index (χ1n) is 5.22. The van der Waals surface area contributed by atoms with Gasteiger partial charge in [-0.2, -0.15) is 4.39 Å². The molecule has 0 amide bonds. The van der Waals surface area contributed by atoms with Crippen molar-refractivity contribution in [3.05, 3.63) is 52.0 Å². The van der Waals surface area contributed by atoms with Crippen molar-refractivity contribution in [2.75, 3.05) is 7.11 Å². The van der Waals surface area contributed by atoms with Crippen LogP contribution in [0.4, 0.5) is 4.39 Å². The molecule has 0 saturated heterocycles. The predicted octanol–water partition coefficient (Wildman–Crippen LogP) is 3.98. The quantitative estimate of drug-likeness (QED) is 0.622. The Morgan fingerprint density at radius 2 is 1.95 bits per heavy atom. The van der Waals surface area contributed by atoms with Crippen molar-refractivity contribution in [3.8, 4) is 11.1 Å². The predicted molar refractivity (Wildman–Crippen MR) is 71.0 cm³/mol. The van der Waals surface area contributed by atoms with Crippen LogP contribution in [0.15, 0.2) is 30.5 Å². The van der Waals surface area contributed by atoms with Gasteiger partial charge in [0, 0.05) is 11.8 Å². The Bertz CT molecular complexity index is 647. The zero-order valence-corrected chi connectivity index (χ0v) is 11.3. The van der Waals surface area contributed by atoms with Gasteiger partial charge in [-0.3, -0.25) is 0 Å². The molecule has 6 heteroatoms. The standard InChI is InChI=1S/C13H8Cl2FNO2/c1-19-13(18)9-4-8(6-17-12(9)16)7-2-3-10(14)11(15)5-7/h2-6H,1H3. The number of pyridine rings is 1. The van der Waals surface area contributed by atoms with E-state index in [1.807, 2.05) is 0 Å². The van der Waals surface area contributed by atoms with Crippen LogP contribution in [-0.2, 0) is 4.74 Å². The van der Waals surface area contributed by atoms with Gasteiger partial charge in [-0.1, -0.05) is 29.3 Å². The third-order valence-electron chi connectivity index (χ3n) is 2.50. The van der Waals surface area contributed by atoms with E-state index in [9.17, 15) is 9.18 Å². The van der Waals surface area contributed by atoms with Crippen LogP contribution in [0.1, 0.15) is 10.4 Å². The second-order valence-electron chi connectivity index (χ2n) is 3.68. The van der Waals surface area contributed by atoms with Crippen LogP contribution in [0.2, 0.25) is 10.0 Å². The molecule has 0 aliphatic rings. The monoisotopic (exact) mass is 299 g/mol. The molecule has 3 nitrogen and oxygen atoms in total. The number of ether oxygens (including phenoxy) is 1. The molecule has 0 bridgehead atoms. The van der Waals surface area contributed by atoms with Gasteiger partial charge in [-0.05, 0) is 23.8 Å². The molecular formula is C13H8Cl2FNO2. The third-order valence-corrected chi connectivity index (χ3v) is 3.24. The maximum absolute atomic E-state index is 13.4. The average Bonchev–Trinajstić information content (AvgIpc) is 2.41. The van der Waals surface area contributed by atoms with E-state index in [0.29, 0.717) is 21.2 Å². The Morgan fingerprint density at radius 1 is 1.21 bits per heavy atom. The summed E-state index contributed by atoms with van der Waals surface area (Å²) in [4.78, 5) is 14.9. The molecule has 98 valence electrons. The number of hydrogen-bond acceptors (Lipinski definition) is 3. The summed E-state index contributed by atoms with van der Waals surface area (Å²) in [6.45, 7) is 0. The van der Waals surface area contributed by atoms with Crippen LogP contribution in [0.3, 0.4) is 0 Å². The van der Waals surface area contributed by atoms with E-state index in [0.717, 1.165) is 0 Å². The minimum Gasteiger partial charge on any atom is -0.465 e. The van der Waals surface area contributed by atoms with Crippen molar-refractivity contribution in [2.24, 2.45) is 0 Å². The van der Waals surface area contributed by atoms with Crippen LogP contribution in [0, 0.1) is 5.95 Å². The van der Waals surface area contributed by atoms with E-state index in [-0.39, 0.29) is 5.56 Å². The van der Waals surface area contributed by atoms with Gasteiger partial charge in [0.1, 0.15) is 5.56 Å². The van der Waals surface area contributed by atoms with Crippen LogP contribution in [0.5, 0.6) is 0 Å². The van der Waals surface area contributed by atoms with Crippen molar-refractivity contribution >= 4 is 29.2 Å². The zero-order chi connectivity index (χ0) is 14.0. The van der Waals surface area contributed by atoms with E-state index in [1.54, 1.807) is 18.2 Å². The Balaban J connectivity index is 2.51. The molecule has 0 atom stereocenters. The molecule has 2 aromatic rings. The fourth-order valence-corrected chi connectivity index (χ4v) is 1.83. The SMILES string of the molecule is COC(=O)c1cc(-c2ccc(Cl)c(Cl)c2)cnc1F. The van der Waals surface area contributed by atoms with Crippen LogP contribution in [-0.4, -0.2) is 18.1 Å². The maximum atomic E-state index is 13.4. The van der Waals surface area contributed by atoms with E-state index >= 15 is 0 Å². The highest BCUT2D eigenvalue weighted by molar-refractivity contribution is 6.42. The second-order valence-corrected chi connectivity index (χ2v) is 4.50. The summed E-state index contributed by atoms with van der Waals surface area (Å²) < 4.78 is 17.9. The topological polar surface area (TPSA) is 39.2 Å². The second kappa shape index (κ2) is 5.55. The molecule has 0 aliphatic heterocycles. The normalized spacial score (nSPS) is 10.3. The summed E-state index contributed by atoms with van der Waals surface area (Å²) in [6.07, 6.45) is 1.31. The lowest BCUT2D eigenvalue weighted by atomic mass is 10.1. The lowest BCUT2D eigenvalue weighted by Gasteiger charge is -2.06. The number of halogens is 3. The first-order valence-corrected chi connectivity index (χ1v) is 5.98. The number of nitrogens with zero attached hydrogens (tertiary/aromatic N) is 1. The molecule has 19 heavy (non-hydrogen) atoms. The number of rotatable bonds is 2. The van der Waals surface area contributed by atoms with Gasteiger partial charge in [0.05, 0.1) is 17.2 Å². The van der Waals surface area contributed by atoms with Crippen molar-refractivity contribution in [2.45, 2.75) is 0 Å². The molecule has 0 saturated carbocycles. The first kappa shape index (κ1) is 13.8. The van der Waals surface area contributed by atoms with Gasteiger partial charge in [-0.15, -0.1) is 0 Å². The summed E-state index contributed by atoms with van der Waals surface area (Å²) >= 11 is 11.7. The molecular weight excluding hydrogens is 292 g/mol. The van der Waals surface area contributed by atoms with Crippen molar-refractivity contribution in [1.29, 1.82) is 0 Å². The number of hydrogen-bond donors (Lipinski definition) is 0. The van der Waals surface area contributed by atoms with E-state index in [1.165, 1.54) is 19.4 Å². The molecule has 1 aromatic heterocycles. The van der Waals surface area contributed by atoms with Crippen LogP contribution >= 0.6 is 23.2 Å². The van der Waals surface area contributed by atoms with Gasteiger partial charge in [0.25, 0.3) is 0 Å². The van der Waals surface area contributed by atoms with E-state index < -0.39 is 11.9 Å². The molecule has 1 aromatic carbocycles. The summed E-state index contributed by atoms with van der Waals surface area (Å²) in [5.41, 5.74) is 0.985. The van der Waals surface area contributed by atoms with E-state index in [4.69, 9.17) is 23.2 Å². The van der Waals surface area contributed by atoms with Crippen molar-refractivity contribution in [3.63, 3.8) is 0 Å². The largest absolute Gasteiger partial charge is 0.465 e. The molecule has 0 radical (unpaired) electrons. The number of benzene rings is 1. The highest BCUT2D eigenvalue weighted by atomic mass is 35.5. The number of esters is 1. The lowest BCUT2D eigenvalue weighted by Crippen LogP contribution is -2.06. The maximum Gasteiger partial charge on any atom is 0.342 e. The van der Waals surface area contributed by atoms with Gasteiger partial charge in [0.15, 0.2) is 0 Å². The van der Waals surface area contributed by atoms with Gasteiger partial charge in [-0.25, -0.2) is 9.78 Å². The fraction of sp³-hybridized carbons (Fsp3) is 0.0769. The average molecular weight is 300 g/mol. The third kappa shape index (κ3) is 2.85. The minimum absolute atomic E-state index is 0.230. The number of carbonyl (C=O) groups excluding carboxylic acids is 1. The fourth-order valence-electron chi connectivity index (χ4n) is 1.53. The molecule has 0 aliphatic carbocycles. The van der Waals surface area contributed by atoms with Crippen molar-refractivity contribution < 1.29 is 13.9 Å². The first-order chi connectivity index (χ1) is 9.02. The van der Waals surface area contributed by atoms with Crippen LogP contribution in [0.25, 0.3) is 11.1 Å². The van der Waals surface area contributed by atoms with Crippen LogP contribution < -0.4 is 0 Å². The summed E-state index contributed by atoms with van der Waals surface area (Å²) in [5.74, 6) is -1.66. The number of carbonyl (C=O) groups is 1. The molecule has 2 rings (SSSR count). The molecule has 0 N–H and O–H groups in total. The Labute approximate surface area is 118 Å². The Morgan fingerprint density at radius 3 is 2.58 bits per heavy atom. The summed E-state index contributed by atoms with van der Waals surface area (Å²) in [7, 11) is 1.17. The molecule has 0 fully saturated rings. The zero-order valence-electron chi connectivity index (χ0n) is 9.78. The highest BCUT2D eigenvalue weighted by Gasteiger charge is 2.15. The van der Waals surface area contributed by atoms with Crippen molar-refractivity contribution in [1.82, 2.24) is 4.98 Å². The highest BCUT2D eigenvalue weighted by Crippen LogP contribution is 2.28. The number of aromatic nitrogens is 1. The summed E-state index contributed by atoms with van der Waals surface area (Å²) in [6, 6.07) is 6.28. The molecule has 0 spiro atoms.